The lowest BCUT2D eigenvalue weighted by molar-refractivity contribution is -0.385. The zero-order valence-electron chi connectivity index (χ0n) is 12.8. The highest BCUT2D eigenvalue weighted by molar-refractivity contribution is 7.89. The summed E-state index contributed by atoms with van der Waals surface area (Å²) in [6.45, 7) is 5.32. The summed E-state index contributed by atoms with van der Waals surface area (Å²) in [7, 11) is -3.66. The number of nitrogens with one attached hydrogen (secondary N) is 2. The number of sulfonamides is 1. The van der Waals surface area contributed by atoms with Gasteiger partial charge in [-0.05, 0) is 56.8 Å². The molecule has 1 aliphatic rings. The molecule has 0 spiro atoms. The molecule has 7 nitrogen and oxygen atoms in total. The standard InChI is InChI=1S/C14H21N3O4S/c1-10-6-13(17(18)19)7-11(2)14(10)22(20,21)16-9-12-4-3-5-15-8-12/h6-7,12,15-16H,3-5,8-9H2,1-2H3. The van der Waals surface area contributed by atoms with Crippen molar-refractivity contribution in [2.45, 2.75) is 31.6 Å². The molecule has 1 saturated heterocycles. The van der Waals surface area contributed by atoms with Gasteiger partial charge in [-0.2, -0.15) is 0 Å². The summed E-state index contributed by atoms with van der Waals surface area (Å²) in [5.41, 5.74) is 0.687. The van der Waals surface area contributed by atoms with Gasteiger partial charge in [-0.1, -0.05) is 0 Å². The van der Waals surface area contributed by atoms with E-state index in [1.807, 2.05) is 0 Å². The van der Waals surface area contributed by atoms with Crippen molar-refractivity contribution in [3.63, 3.8) is 0 Å². The molecule has 1 heterocycles. The van der Waals surface area contributed by atoms with Gasteiger partial charge in [0.2, 0.25) is 10.0 Å². The fourth-order valence-corrected chi connectivity index (χ4v) is 4.42. The third kappa shape index (κ3) is 3.82. The highest BCUT2D eigenvalue weighted by Crippen LogP contribution is 2.25. The second-order valence-corrected chi connectivity index (χ2v) is 7.43. The zero-order valence-corrected chi connectivity index (χ0v) is 13.6. The van der Waals surface area contributed by atoms with Crippen molar-refractivity contribution in [2.24, 2.45) is 5.92 Å². The van der Waals surface area contributed by atoms with Gasteiger partial charge < -0.3 is 5.32 Å². The number of non-ortho nitro benzene ring substituents is 1. The van der Waals surface area contributed by atoms with Crippen LogP contribution >= 0.6 is 0 Å². The fraction of sp³-hybridized carbons (Fsp3) is 0.571. The minimum Gasteiger partial charge on any atom is -0.316 e. The van der Waals surface area contributed by atoms with E-state index >= 15 is 0 Å². The van der Waals surface area contributed by atoms with Gasteiger partial charge in [0.05, 0.1) is 9.82 Å². The van der Waals surface area contributed by atoms with Crippen LogP contribution < -0.4 is 10.0 Å². The number of nitro groups is 1. The molecule has 1 aromatic carbocycles. The second-order valence-electron chi connectivity index (χ2n) is 5.73. The largest absolute Gasteiger partial charge is 0.316 e. The molecule has 0 radical (unpaired) electrons. The van der Waals surface area contributed by atoms with Crippen LogP contribution in [-0.2, 0) is 10.0 Å². The number of rotatable bonds is 5. The van der Waals surface area contributed by atoms with Crippen LogP contribution in [0.3, 0.4) is 0 Å². The van der Waals surface area contributed by atoms with Crippen LogP contribution in [0.25, 0.3) is 0 Å². The lowest BCUT2D eigenvalue weighted by Gasteiger charge is -2.23. The Kier molecular flexibility index (Phi) is 5.15. The first-order valence-electron chi connectivity index (χ1n) is 7.27. The first-order valence-corrected chi connectivity index (χ1v) is 8.75. The molecule has 22 heavy (non-hydrogen) atoms. The van der Waals surface area contributed by atoms with Gasteiger partial charge in [0, 0.05) is 18.7 Å². The van der Waals surface area contributed by atoms with Crippen LogP contribution in [0.5, 0.6) is 0 Å². The van der Waals surface area contributed by atoms with Crippen LogP contribution in [0, 0.1) is 29.9 Å². The van der Waals surface area contributed by atoms with Crippen molar-refractivity contribution in [1.29, 1.82) is 0 Å². The summed E-state index contributed by atoms with van der Waals surface area (Å²) in [4.78, 5) is 10.5. The van der Waals surface area contributed by atoms with Crippen LogP contribution in [-0.4, -0.2) is 33.0 Å². The molecular weight excluding hydrogens is 306 g/mol. The van der Waals surface area contributed by atoms with Crippen molar-refractivity contribution < 1.29 is 13.3 Å². The second kappa shape index (κ2) is 6.72. The van der Waals surface area contributed by atoms with Gasteiger partial charge in [0.15, 0.2) is 0 Å². The monoisotopic (exact) mass is 327 g/mol. The molecule has 1 unspecified atom stereocenters. The number of hydrogen-bond donors (Lipinski definition) is 2. The Hall–Kier alpha value is -1.51. The molecule has 0 aromatic heterocycles. The molecule has 0 amide bonds. The van der Waals surface area contributed by atoms with Gasteiger partial charge in [-0.15, -0.1) is 0 Å². The Morgan fingerprint density at radius 2 is 2.00 bits per heavy atom. The van der Waals surface area contributed by atoms with Crippen LogP contribution in [0.1, 0.15) is 24.0 Å². The highest BCUT2D eigenvalue weighted by Gasteiger charge is 2.24. The summed E-state index contributed by atoms with van der Waals surface area (Å²) in [6.07, 6.45) is 2.04. The summed E-state index contributed by atoms with van der Waals surface area (Å²) >= 11 is 0. The molecular formula is C14H21N3O4S. The molecule has 0 saturated carbocycles. The topological polar surface area (TPSA) is 101 Å². The highest BCUT2D eigenvalue weighted by atomic mass is 32.2. The maximum absolute atomic E-state index is 12.5. The number of benzene rings is 1. The van der Waals surface area contributed by atoms with Crippen molar-refractivity contribution in [3.8, 4) is 0 Å². The quantitative estimate of drug-likeness (QED) is 0.630. The predicted octanol–water partition coefficient (Wildman–Crippen LogP) is 1.49. The molecule has 1 atom stereocenters. The predicted molar refractivity (Wildman–Crippen MR) is 83.4 cm³/mol. The minimum absolute atomic E-state index is 0.0922. The first-order chi connectivity index (χ1) is 10.3. The molecule has 0 bridgehead atoms. The number of piperidine rings is 1. The summed E-state index contributed by atoms with van der Waals surface area (Å²) < 4.78 is 27.6. The number of hydrogen-bond acceptors (Lipinski definition) is 5. The average Bonchev–Trinajstić information content (AvgIpc) is 2.45. The van der Waals surface area contributed by atoms with Gasteiger partial charge >= 0.3 is 0 Å². The average molecular weight is 327 g/mol. The Morgan fingerprint density at radius 3 is 2.50 bits per heavy atom. The SMILES string of the molecule is Cc1cc([N+](=O)[O-])cc(C)c1S(=O)(=O)NCC1CCCNC1. The number of nitro benzene ring substituents is 1. The van der Waals surface area contributed by atoms with E-state index in [9.17, 15) is 18.5 Å². The van der Waals surface area contributed by atoms with Gasteiger partial charge in [0.25, 0.3) is 5.69 Å². The summed E-state index contributed by atoms with van der Waals surface area (Å²) in [6, 6.07) is 2.59. The van der Waals surface area contributed by atoms with Gasteiger partial charge in [-0.25, -0.2) is 13.1 Å². The Bertz CT molecular complexity index is 644. The van der Waals surface area contributed by atoms with Crippen molar-refractivity contribution >= 4 is 15.7 Å². The number of nitrogens with zero attached hydrogens (tertiary/aromatic N) is 1. The smallest absolute Gasteiger partial charge is 0.270 e. The normalized spacial score (nSPS) is 19.1. The molecule has 0 aliphatic carbocycles. The Labute approximate surface area is 130 Å². The van der Waals surface area contributed by atoms with E-state index in [2.05, 4.69) is 10.0 Å². The Morgan fingerprint density at radius 1 is 1.36 bits per heavy atom. The van der Waals surface area contributed by atoms with E-state index in [-0.39, 0.29) is 16.5 Å². The lowest BCUT2D eigenvalue weighted by Crippen LogP contribution is -2.38. The number of aryl methyl sites for hydroxylation is 2. The third-order valence-corrected chi connectivity index (χ3v) is 5.61. The van der Waals surface area contributed by atoms with Crippen molar-refractivity contribution in [2.75, 3.05) is 19.6 Å². The molecule has 122 valence electrons. The molecule has 8 heteroatoms. The van der Waals surface area contributed by atoms with Crippen LogP contribution in [0.2, 0.25) is 0 Å². The van der Waals surface area contributed by atoms with E-state index in [1.165, 1.54) is 12.1 Å². The molecule has 2 N–H and O–H groups in total. The maximum Gasteiger partial charge on any atom is 0.270 e. The molecule has 1 aliphatic heterocycles. The molecule has 1 aromatic rings. The van der Waals surface area contributed by atoms with Gasteiger partial charge in [-0.3, -0.25) is 10.1 Å². The Balaban J connectivity index is 2.20. The van der Waals surface area contributed by atoms with Crippen molar-refractivity contribution in [3.05, 3.63) is 33.4 Å². The maximum atomic E-state index is 12.5. The van der Waals surface area contributed by atoms with E-state index in [0.29, 0.717) is 17.7 Å². The minimum atomic E-state index is -3.66. The fourth-order valence-electron chi connectivity index (χ4n) is 2.85. The van der Waals surface area contributed by atoms with E-state index in [0.717, 1.165) is 25.9 Å². The summed E-state index contributed by atoms with van der Waals surface area (Å²) in [5.74, 6) is 0.280. The lowest BCUT2D eigenvalue weighted by atomic mass is 10.0. The molecule has 2 rings (SSSR count). The van der Waals surface area contributed by atoms with Crippen LogP contribution in [0.4, 0.5) is 5.69 Å². The van der Waals surface area contributed by atoms with Gasteiger partial charge in [0.1, 0.15) is 0 Å². The zero-order chi connectivity index (χ0) is 16.3. The van der Waals surface area contributed by atoms with E-state index in [4.69, 9.17) is 0 Å². The van der Waals surface area contributed by atoms with E-state index in [1.54, 1.807) is 13.8 Å². The first kappa shape index (κ1) is 16.9. The van der Waals surface area contributed by atoms with E-state index < -0.39 is 14.9 Å². The third-order valence-electron chi connectivity index (χ3n) is 3.89. The molecule has 1 fully saturated rings. The summed E-state index contributed by atoms with van der Waals surface area (Å²) in [5, 5.41) is 14.1. The van der Waals surface area contributed by atoms with Crippen LogP contribution in [0.15, 0.2) is 17.0 Å². The van der Waals surface area contributed by atoms with Crippen molar-refractivity contribution in [1.82, 2.24) is 10.0 Å².